The topological polar surface area (TPSA) is 107 Å². The Bertz CT molecular complexity index is 546. The summed E-state index contributed by atoms with van der Waals surface area (Å²) in [6.45, 7) is 3.28. The molecule has 0 saturated carbocycles. The Balaban J connectivity index is 3.03. The number of rotatable bonds is 6. The van der Waals surface area contributed by atoms with Gasteiger partial charge in [-0.3, -0.25) is 14.9 Å². The number of nitrogens with one attached hydrogen (secondary N) is 1. The maximum Gasteiger partial charge on any atom is 0.313 e. The molecule has 0 aliphatic heterocycles. The van der Waals surface area contributed by atoms with Crippen molar-refractivity contribution >= 4 is 17.3 Å². The van der Waals surface area contributed by atoms with Gasteiger partial charge >= 0.3 is 5.69 Å². The van der Waals surface area contributed by atoms with Gasteiger partial charge in [-0.05, 0) is 13.8 Å². The van der Waals surface area contributed by atoms with Crippen molar-refractivity contribution in [1.82, 2.24) is 0 Å². The number of carbonyl (C=O) groups is 1. The smallest absolute Gasteiger partial charge is 0.313 e. The van der Waals surface area contributed by atoms with Gasteiger partial charge in [-0.2, -0.15) is 0 Å². The number of anilines is 1. The second kappa shape index (κ2) is 5.72. The Morgan fingerprint density at radius 3 is 2.60 bits per heavy atom. The van der Waals surface area contributed by atoms with E-state index in [-0.39, 0.29) is 18.0 Å². The number of methoxy groups -OCH3 is 1. The third kappa shape index (κ3) is 3.34. The molecule has 20 heavy (non-hydrogen) atoms. The van der Waals surface area contributed by atoms with Gasteiger partial charge in [0.15, 0.2) is 11.6 Å². The second-order valence-corrected chi connectivity index (χ2v) is 4.86. The number of hydrogen-bond acceptors (Lipinski definition) is 5. The van der Waals surface area contributed by atoms with Crippen molar-refractivity contribution in [3.05, 3.63) is 28.1 Å². The molecule has 1 rings (SSSR count). The fourth-order valence-electron chi connectivity index (χ4n) is 1.39. The molecule has 0 fully saturated rings. The zero-order chi connectivity index (χ0) is 15.5. The molecule has 0 aliphatic rings. The Hall–Kier alpha value is -2.38. The fraction of sp³-hybridized carbons (Fsp3) is 0.417. The number of hydrogen-bond donors (Lipinski definition) is 2. The van der Waals surface area contributed by atoms with E-state index in [1.807, 2.05) is 0 Å². The van der Waals surface area contributed by atoms with Gasteiger partial charge < -0.3 is 15.8 Å². The first-order valence-corrected chi connectivity index (χ1v) is 5.74. The van der Waals surface area contributed by atoms with Crippen molar-refractivity contribution < 1.29 is 18.8 Å². The lowest BCUT2D eigenvalue weighted by molar-refractivity contribution is -0.385. The molecular formula is C12H16FN3O4. The van der Waals surface area contributed by atoms with Crippen LogP contribution in [0.4, 0.5) is 15.8 Å². The summed E-state index contributed by atoms with van der Waals surface area (Å²) in [5.74, 6) is -1.42. The number of ether oxygens (including phenoxy) is 1. The number of halogens is 1. The lowest BCUT2D eigenvalue weighted by atomic mass is 9.92. The van der Waals surface area contributed by atoms with Crippen molar-refractivity contribution in [3.8, 4) is 5.75 Å². The van der Waals surface area contributed by atoms with Gasteiger partial charge in [-0.1, -0.05) is 0 Å². The van der Waals surface area contributed by atoms with Crippen LogP contribution in [-0.4, -0.2) is 24.5 Å². The average molecular weight is 285 g/mol. The minimum absolute atomic E-state index is 0.00164. The van der Waals surface area contributed by atoms with Crippen LogP contribution in [0.25, 0.3) is 0 Å². The SMILES string of the molecule is COc1cc(NCC(C)(C)C(N)=O)c(F)cc1[N+](=O)[O-]. The summed E-state index contributed by atoms with van der Waals surface area (Å²) in [7, 11) is 1.25. The van der Waals surface area contributed by atoms with E-state index in [4.69, 9.17) is 10.5 Å². The van der Waals surface area contributed by atoms with Gasteiger partial charge in [0.25, 0.3) is 0 Å². The summed E-state index contributed by atoms with van der Waals surface area (Å²) >= 11 is 0. The number of nitrogens with zero attached hydrogens (tertiary/aromatic N) is 1. The summed E-state index contributed by atoms with van der Waals surface area (Å²) in [6, 6.07) is 1.93. The third-order valence-corrected chi connectivity index (χ3v) is 2.85. The molecular weight excluding hydrogens is 269 g/mol. The highest BCUT2D eigenvalue weighted by atomic mass is 19.1. The van der Waals surface area contributed by atoms with Crippen molar-refractivity contribution in [2.45, 2.75) is 13.8 Å². The summed E-state index contributed by atoms with van der Waals surface area (Å²) in [5.41, 5.74) is 3.85. The van der Waals surface area contributed by atoms with Crippen LogP contribution in [0.2, 0.25) is 0 Å². The number of nitro benzene ring substituents is 1. The molecule has 0 aliphatic carbocycles. The first-order valence-electron chi connectivity index (χ1n) is 5.74. The molecule has 8 heteroatoms. The minimum Gasteiger partial charge on any atom is -0.490 e. The molecule has 0 heterocycles. The maximum atomic E-state index is 13.8. The lowest BCUT2D eigenvalue weighted by Gasteiger charge is -2.21. The Kier molecular flexibility index (Phi) is 4.49. The number of amides is 1. The largest absolute Gasteiger partial charge is 0.490 e. The van der Waals surface area contributed by atoms with Crippen LogP contribution >= 0.6 is 0 Å². The first kappa shape index (κ1) is 15.7. The molecule has 110 valence electrons. The molecule has 0 unspecified atom stereocenters. The van der Waals surface area contributed by atoms with Crippen molar-refractivity contribution in [2.75, 3.05) is 19.0 Å². The van der Waals surface area contributed by atoms with Crippen LogP contribution in [0.3, 0.4) is 0 Å². The number of nitrogens with two attached hydrogens (primary N) is 1. The van der Waals surface area contributed by atoms with Crippen molar-refractivity contribution in [3.63, 3.8) is 0 Å². The Morgan fingerprint density at radius 2 is 2.15 bits per heavy atom. The monoisotopic (exact) mass is 285 g/mol. The van der Waals surface area contributed by atoms with Crippen LogP contribution in [0.1, 0.15) is 13.8 Å². The highest BCUT2D eigenvalue weighted by Gasteiger charge is 2.26. The van der Waals surface area contributed by atoms with E-state index in [1.165, 1.54) is 13.2 Å². The van der Waals surface area contributed by atoms with Crippen LogP contribution in [-0.2, 0) is 4.79 Å². The number of primary amides is 1. The second-order valence-electron chi connectivity index (χ2n) is 4.86. The standard InChI is InChI=1S/C12H16FN3O4/c1-12(2,11(14)17)6-15-8-5-10(20-3)9(16(18)19)4-7(8)13/h4-5,15H,6H2,1-3H3,(H2,14,17). The van der Waals surface area contributed by atoms with Crippen LogP contribution in [0.15, 0.2) is 12.1 Å². The summed E-state index contributed by atoms with van der Waals surface area (Å²) in [6.07, 6.45) is 0. The molecule has 0 atom stereocenters. The molecule has 1 amide bonds. The predicted molar refractivity (Wildman–Crippen MR) is 71.1 cm³/mol. The van der Waals surface area contributed by atoms with E-state index in [0.29, 0.717) is 0 Å². The van der Waals surface area contributed by atoms with Crippen molar-refractivity contribution in [1.29, 1.82) is 0 Å². The number of benzene rings is 1. The van der Waals surface area contributed by atoms with Gasteiger partial charge in [-0.15, -0.1) is 0 Å². The van der Waals surface area contributed by atoms with E-state index in [1.54, 1.807) is 13.8 Å². The lowest BCUT2D eigenvalue weighted by Crippen LogP contribution is -2.37. The number of nitro groups is 1. The molecule has 0 radical (unpaired) electrons. The molecule has 0 spiro atoms. The zero-order valence-corrected chi connectivity index (χ0v) is 11.4. The van der Waals surface area contributed by atoms with E-state index < -0.39 is 27.8 Å². The fourth-order valence-corrected chi connectivity index (χ4v) is 1.39. The van der Waals surface area contributed by atoms with Gasteiger partial charge in [-0.25, -0.2) is 4.39 Å². The molecule has 0 aromatic heterocycles. The molecule has 3 N–H and O–H groups in total. The highest BCUT2D eigenvalue weighted by Crippen LogP contribution is 2.32. The third-order valence-electron chi connectivity index (χ3n) is 2.85. The van der Waals surface area contributed by atoms with Crippen LogP contribution in [0, 0.1) is 21.3 Å². The quantitative estimate of drug-likeness (QED) is 0.610. The first-order chi connectivity index (χ1) is 9.19. The summed E-state index contributed by atoms with van der Waals surface area (Å²) in [4.78, 5) is 21.2. The Morgan fingerprint density at radius 1 is 1.55 bits per heavy atom. The van der Waals surface area contributed by atoms with Gasteiger partial charge in [0, 0.05) is 12.6 Å². The summed E-state index contributed by atoms with van der Waals surface area (Å²) in [5, 5.41) is 13.4. The summed E-state index contributed by atoms with van der Waals surface area (Å²) < 4.78 is 18.6. The molecule has 7 nitrogen and oxygen atoms in total. The molecule has 0 saturated heterocycles. The van der Waals surface area contributed by atoms with E-state index in [9.17, 15) is 19.3 Å². The van der Waals surface area contributed by atoms with Gasteiger partial charge in [0.1, 0.15) is 0 Å². The van der Waals surface area contributed by atoms with Crippen molar-refractivity contribution in [2.24, 2.45) is 11.1 Å². The predicted octanol–water partition coefficient (Wildman–Crippen LogP) is 1.67. The van der Waals surface area contributed by atoms with Gasteiger partial charge in [0.05, 0.1) is 29.2 Å². The maximum absolute atomic E-state index is 13.8. The molecule has 0 bridgehead atoms. The van der Waals surface area contributed by atoms with Crippen LogP contribution in [0.5, 0.6) is 5.75 Å². The normalized spacial score (nSPS) is 11.0. The minimum atomic E-state index is -0.887. The molecule has 1 aromatic carbocycles. The van der Waals surface area contributed by atoms with Gasteiger partial charge in [0.2, 0.25) is 5.91 Å². The Labute approximate surface area is 115 Å². The molecule has 1 aromatic rings. The number of carbonyl (C=O) groups excluding carboxylic acids is 1. The van der Waals surface area contributed by atoms with E-state index >= 15 is 0 Å². The van der Waals surface area contributed by atoms with E-state index in [2.05, 4.69) is 5.32 Å². The zero-order valence-electron chi connectivity index (χ0n) is 11.4. The highest BCUT2D eigenvalue weighted by molar-refractivity contribution is 5.80. The van der Waals surface area contributed by atoms with Crippen LogP contribution < -0.4 is 15.8 Å². The average Bonchev–Trinajstić information content (AvgIpc) is 2.36. The van der Waals surface area contributed by atoms with E-state index in [0.717, 1.165) is 6.07 Å².